The molecule has 0 aliphatic rings. The first kappa shape index (κ1) is 21.5. The molecule has 0 aliphatic carbocycles. The number of carbonyl (C=O) groups is 1. The summed E-state index contributed by atoms with van der Waals surface area (Å²) in [7, 11) is 0. The number of rotatable bonds is 5. The minimum atomic E-state index is -4.63. The van der Waals surface area contributed by atoms with Crippen molar-refractivity contribution in [3.8, 4) is 0 Å². The predicted molar refractivity (Wildman–Crippen MR) is 97.8 cm³/mol. The number of carbonyl (C=O) groups excluding carboxylic acids is 1. The number of thiocarbonyl (C=S) groups is 1. The van der Waals surface area contributed by atoms with Gasteiger partial charge in [0.05, 0.1) is 17.8 Å². The molecule has 0 spiro atoms. The van der Waals surface area contributed by atoms with Crippen LogP contribution in [0.1, 0.15) is 33.3 Å². The third-order valence-electron chi connectivity index (χ3n) is 3.17. The van der Waals surface area contributed by atoms with E-state index in [-0.39, 0.29) is 29.3 Å². The van der Waals surface area contributed by atoms with Crippen molar-refractivity contribution >= 4 is 40.5 Å². The molecule has 140 valence electrons. The van der Waals surface area contributed by atoms with E-state index in [0.717, 1.165) is 12.1 Å². The summed E-state index contributed by atoms with van der Waals surface area (Å²) in [5.74, 6) is -0.602. The molecule has 0 unspecified atom stereocenters. The van der Waals surface area contributed by atoms with Crippen LogP contribution < -0.4 is 10.6 Å². The Bertz CT molecular complexity index is 636. The topological polar surface area (TPSA) is 44.4 Å². The second kappa shape index (κ2) is 8.71. The quantitative estimate of drug-likeness (QED) is 0.730. The lowest BCUT2D eigenvalue weighted by molar-refractivity contribution is -0.137. The van der Waals surface area contributed by atoms with Gasteiger partial charge in [-0.25, -0.2) is 0 Å². The molecule has 0 radical (unpaired) electrons. The van der Waals surface area contributed by atoms with Crippen molar-refractivity contribution in [1.29, 1.82) is 0 Å². The van der Waals surface area contributed by atoms with Crippen LogP contribution in [-0.2, 0) is 11.0 Å². The van der Waals surface area contributed by atoms with Gasteiger partial charge in [0.1, 0.15) is 0 Å². The average Bonchev–Trinajstić information content (AvgIpc) is 2.44. The number of amides is 1. The van der Waals surface area contributed by atoms with Gasteiger partial charge >= 0.3 is 6.18 Å². The van der Waals surface area contributed by atoms with Gasteiger partial charge in [0.15, 0.2) is 5.11 Å². The van der Waals surface area contributed by atoms with Crippen LogP contribution >= 0.6 is 23.8 Å². The van der Waals surface area contributed by atoms with Crippen LogP contribution in [0.4, 0.5) is 18.9 Å². The lowest BCUT2D eigenvalue weighted by Gasteiger charge is -2.30. The van der Waals surface area contributed by atoms with Crippen molar-refractivity contribution in [2.75, 3.05) is 11.9 Å². The van der Waals surface area contributed by atoms with Crippen LogP contribution in [0.2, 0.25) is 5.02 Å². The average molecular weight is 396 g/mol. The Labute approximate surface area is 155 Å². The number of benzene rings is 1. The van der Waals surface area contributed by atoms with E-state index in [1.165, 1.54) is 6.07 Å². The zero-order valence-corrected chi connectivity index (χ0v) is 15.9. The molecule has 0 aromatic heterocycles. The van der Waals surface area contributed by atoms with Gasteiger partial charge in [-0.2, -0.15) is 13.2 Å². The van der Waals surface area contributed by atoms with Gasteiger partial charge in [-0.05, 0) is 58.1 Å². The normalized spacial score (nSPS) is 11.6. The second-order valence-corrected chi connectivity index (χ2v) is 6.88. The number of nitrogens with one attached hydrogen (secondary N) is 2. The lowest BCUT2D eigenvalue weighted by Crippen LogP contribution is -2.49. The molecule has 2 N–H and O–H groups in total. The van der Waals surface area contributed by atoms with Crippen molar-refractivity contribution in [3.05, 3.63) is 28.8 Å². The summed E-state index contributed by atoms with van der Waals surface area (Å²) < 4.78 is 39.3. The standard InChI is InChI=1S/C16H21ClF3N3OS/c1-9(2)21-15(25)23(10(3)4)8-14(24)22-13-6-5-11(17)7-12(13)16(18,19)20/h5-7,9-10H,8H2,1-4H3,(H,21,25)(H,22,24). The molecule has 9 heteroatoms. The smallest absolute Gasteiger partial charge is 0.360 e. The minimum Gasteiger partial charge on any atom is -0.360 e. The number of nitrogens with zero attached hydrogens (tertiary/aromatic N) is 1. The molecular formula is C16H21ClF3N3OS. The monoisotopic (exact) mass is 395 g/mol. The highest BCUT2D eigenvalue weighted by molar-refractivity contribution is 7.80. The molecule has 0 saturated heterocycles. The van der Waals surface area contributed by atoms with Crippen molar-refractivity contribution in [2.45, 2.75) is 46.0 Å². The third kappa shape index (κ3) is 6.70. The Balaban J connectivity index is 2.93. The van der Waals surface area contributed by atoms with Crippen molar-refractivity contribution in [3.63, 3.8) is 0 Å². The molecule has 25 heavy (non-hydrogen) atoms. The van der Waals surface area contributed by atoms with Crippen LogP contribution in [-0.4, -0.2) is 34.5 Å². The summed E-state index contributed by atoms with van der Waals surface area (Å²) in [6.45, 7) is 7.30. The molecule has 0 heterocycles. The molecule has 1 rings (SSSR count). The van der Waals surface area contributed by atoms with Crippen LogP contribution in [0.5, 0.6) is 0 Å². The maximum absolute atomic E-state index is 13.1. The molecule has 1 amide bonds. The van der Waals surface area contributed by atoms with Crippen molar-refractivity contribution in [2.24, 2.45) is 0 Å². The van der Waals surface area contributed by atoms with E-state index < -0.39 is 17.6 Å². The second-order valence-electron chi connectivity index (χ2n) is 6.06. The molecule has 0 atom stereocenters. The molecular weight excluding hydrogens is 375 g/mol. The van der Waals surface area contributed by atoms with E-state index in [2.05, 4.69) is 10.6 Å². The van der Waals surface area contributed by atoms with E-state index in [9.17, 15) is 18.0 Å². The van der Waals surface area contributed by atoms with Crippen LogP contribution in [0, 0.1) is 0 Å². The highest BCUT2D eigenvalue weighted by Crippen LogP contribution is 2.36. The van der Waals surface area contributed by atoms with Gasteiger partial charge in [0.25, 0.3) is 0 Å². The molecule has 0 saturated carbocycles. The first-order chi connectivity index (χ1) is 11.4. The summed E-state index contributed by atoms with van der Waals surface area (Å²) >= 11 is 10.9. The SMILES string of the molecule is CC(C)NC(=S)N(CC(=O)Nc1ccc(Cl)cc1C(F)(F)F)C(C)C. The van der Waals surface area contributed by atoms with Gasteiger partial charge in [-0.1, -0.05) is 11.6 Å². The number of halogens is 4. The molecule has 4 nitrogen and oxygen atoms in total. The molecule has 0 fully saturated rings. The van der Waals surface area contributed by atoms with Gasteiger partial charge in [0, 0.05) is 17.1 Å². The summed E-state index contributed by atoms with van der Waals surface area (Å²) in [6.07, 6.45) is -4.63. The van der Waals surface area contributed by atoms with E-state index >= 15 is 0 Å². The lowest BCUT2D eigenvalue weighted by atomic mass is 10.1. The van der Waals surface area contributed by atoms with Crippen LogP contribution in [0.25, 0.3) is 0 Å². The number of hydrogen-bond acceptors (Lipinski definition) is 2. The Kier molecular flexibility index (Phi) is 7.49. The zero-order chi connectivity index (χ0) is 19.4. The van der Waals surface area contributed by atoms with Gasteiger partial charge in [-0.3, -0.25) is 4.79 Å². The van der Waals surface area contributed by atoms with E-state index in [4.69, 9.17) is 23.8 Å². The number of hydrogen-bond donors (Lipinski definition) is 2. The summed E-state index contributed by atoms with van der Waals surface area (Å²) in [4.78, 5) is 13.8. The van der Waals surface area contributed by atoms with Gasteiger partial charge in [-0.15, -0.1) is 0 Å². The number of alkyl halides is 3. The maximum Gasteiger partial charge on any atom is 0.418 e. The van der Waals surface area contributed by atoms with E-state index in [0.29, 0.717) is 5.11 Å². The first-order valence-corrected chi connectivity index (χ1v) is 8.44. The predicted octanol–water partition coefficient (Wildman–Crippen LogP) is 4.29. The highest BCUT2D eigenvalue weighted by atomic mass is 35.5. The largest absolute Gasteiger partial charge is 0.418 e. The van der Waals surface area contributed by atoms with Gasteiger partial charge in [0.2, 0.25) is 5.91 Å². The van der Waals surface area contributed by atoms with Crippen LogP contribution in [0.15, 0.2) is 18.2 Å². The first-order valence-electron chi connectivity index (χ1n) is 7.65. The molecule has 1 aromatic rings. The molecule has 0 bridgehead atoms. The summed E-state index contributed by atoms with van der Waals surface area (Å²) in [5.41, 5.74) is -1.33. The molecule has 0 aliphatic heterocycles. The van der Waals surface area contributed by atoms with E-state index in [1.807, 2.05) is 27.7 Å². The fourth-order valence-electron chi connectivity index (χ4n) is 2.02. The van der Waals surface area contributed by atoms with E-state index in [1.54, 1.807) is 4.90 Å². The third-order valence-corrected chi connectivity index (χ3v) is 3.76. The fourth-order valence-corrected chi connectivity index (χ4v) is 2.71. The Morgan fingerprint density at radius 2 is 1.88 bits per heavy atom. The van der Waals surface area contributed by atoms with Crippen molar-refractivity contribution in [1.82, 2.24) is 10.2 Å². The summed E-state index contributed by atoms with van der Waals surface area (Å²) in [6, 6.07) is 3.18. The molecule has 1 aromatic carbocycles. The zero-order valence-electron chi connectivity index (χ0n) is 14.4. The van der Waals surface area contributed by atoms with Crippen molar-refractivity contribution < 1.29 is 18.0 Å². The highest BCUT2D eigenvalue weighted by Gasteiger charge is 2.34. The Morgan fingerprint density at radius 3 is 2.36 bits per heavy atom. The fraction of sp³-hybridized carbons (Fsp3) is 0.500. The number of anilines is 1. The Hall–Kier alpha value is -1.54. The summed E-state index contributed by atoms with van der Waals surface area (Å²) in [5, 5.41) is 5.62. The van der Waals surface area contributed by atoms with Crippen LogP contribution in [0.3, 0.4) is 0 Å². The Morgan fingerprint density at radius 1 is 1.28 bits per heavy atom. The maximum atomic E-state index is 13.1. The van der Waals surface area contributed by atoms with Gasteiger partial charge < -0.3 is 15.5 Å². The minimum absolute atomic E-state index is 0.0588.